The molecule has 6 nitrogen and oxygen atoms in total. The van der Waals surface area contributed by atoms with Gasteiger partial charge in [0, 0.05) is 6.54 Å². The summed E-state index contributed by atoms with van der Waals surface area (Å²) in [6.45, 7) is 2.16. The lowest BCUT2D eigenvalue weighted by Crippen LogP contribution is -2.48. The Balaban J connectivity index is 3.53. The van der Waals surface area contributed by atoms with E-state index in [1.807, 2.05) is 5.32 Å². The van der Waals surface area contributed by atoms with Crippen LogP contribution in [0.1, 0.15) is 51.9 Å². The van der Waals surface area contributed by atoms with Gasteiger partial charge < -0.3 is 20.8 Å². The van der Waals surface area contributed by atoms with Crippen LogP contribution in [0.25, 0.3) is 0 Å². The van der Waals surface area contributed by atoms with Crippen molar-refractivity contribution in [3.8, 4) is 0 Å². The highest BCUT2D eigenvalue weighted by Crippen LogP contribution is 2.06. The molecular weight excluding hydrogens is 248 g/mol. The molecule has 0 aliphatic carbocycles. The Labute approximate surface area is 114 Å². The predicted octanol–water partition coefficient (Wildman–Crippen LogP) is 1.48. The highest BCUT2D eigenvalue weighted by molar-refractivity contribution is 5.85. The van der Waals surface area contributed by atoms with Crippen molar-refractivity contribution in [1.82, 2.24) is 10.6 Å². The van der Waals surface area contributed by atoms with E-state index in [0.29, 0.717) is 6.54 Å². The zero-order valence-electron chi connectivity index (χ0n) is 11.7. The van der Waals surface area contributed by atoms with Crippen LogP contribution >= 0.6 is 0 Å². The molecule has 0 aliphatic rings. The molecule has 1 unspecified atom stereocenters. The summed E-state index contributed by atoms with van der Waals surface area (Å²) >= 11 is 0. The second-order valence-electron chi connectivity index (χ2n) is 4.60. The van der Waals surface area contributed by atoms with Crippen molar-refractivity contribution in [3.05, 3.63) is 0 Å². The average Bonchev–Trinajstić information content (AvgIpc) is 2.38. The number of rotatable bonds is 11. The van der Waals surface area contributed by atoms with Gasteiger partial charge in [0.2, 0.25) is 5.91 Å². The zero-order chi connectivity index (χ0) is 14.5. The number of nitrogens with one attached hydrogen (secondary N) is 2. The zero-order valence-corrected chi connectivity index (χ0v) is 11.7. The molecule has 0 saturated carbocycles. The van der Waals surface area contributed by atoms with Crippen LogP contribution in [0.2, 0.25) is 0 Å². The summed E-state index contributed by atoms with van der Waals surface area (Å²) in [7, 11) is 0. The van der Waals surface area contributed by atoms with E-state index in [4.69, 9.17) is 10.2 Å². The van der Waals surface area contributed by atoms with E-state index in [1.165, 1.54) is 25.7 Å². The standard InChI is InChI=1S/C13H26N2O4/c1-2-3-4-5-6-7-8-9-14-12(17)11(10-16)15-13(18)19/h11,15-16H,2-10H2,1H3,(H,14,17)(H,18,19). The summed E-state index contributed by atoms with van der Waals surface area (Å²) in [5.74, 6) is -0.476. The van der Waals surface area contributed by atoms with Crippen molar-refractivity contribution in [3.63, 3.8) is 0 Å². The van der Waals surface area contributed by atoms with Crippen LogP contribution in [0, 0.1) is 0 Å². The number of carbonyl (C=O) groups is 2. The lowest BCUT2D eigenvalue weighted by molar-refractivity contribution is -0.123. The number of unbranched alkanes of at least 4 members (excludes halogenated alkanes) is 6. The number of carbonyl (C=O) groups excluding carboxylic acids is 1. The Hall–Kier alpha value is -1.30. The Kier molecular flexibility index (Phi) is 11.0. The minimum absolute atomic E-state index is 0.476. The summed E-state index contributed by atoms with van der Waals surface area (Å²) in [6, 6.07) is -1.08. The van der Waals surface area contributed by atoms with Gasteiger partial charge in [-0.3, -0.25) is 4.79 Å². The highest BCUT2D eigenvalue weighted by Gasteiger charge is 2.18. The van der Waals surface area contributed by atoms with Crippen molar-refractivity contribution >= 4 is 12.0 Å². The highest BCUT2D eigenvalue weighted by atomic mass is 16.4. The van der Waals surface area contributed by atoms with Crippen molar-refractivity contribution in [2.75, 3.05) is 13.2 Å². The third-order valence-corrected chi connectivity index (χ3v) is 2.88. The minimum atomic E-state index is -1.31. The summed E-state index contributed by atoms with van der Waals surface area (Å²) in [5, 5.41) is 21.9. The number of amides is 2. The lowest BCUT2D eigenvalue weighted by Gasteiger charge is -2.13. The van der Waals surface area contributed by atoms with Gasteiger partial charge in [0.1, 0.15) is 6.04 Å². The van der Waals surface area contributed by atoms with E-state index in [1.54, 1.807) is 0 Å². The van der Waals surface area contributed by atoms with Gasteiger partial charge in [-0.25, -0.2) is 4.79 Å². The van der Waals surface area contributed by atoms with Gasteiger partial charge in [-0.15, -0.1) is 0 Å². The molecule has 4 N–H and O–H groups in total. The Morgan fingerprint density at radius 3 is 2.16 bits per heavy atom. The third kappa shape index (κ3) is 10.3. The molecule has 2 amide bonds. The quantitative estimate of drug-likeness (QED) is 0.429. The molecule has 112 valence electrons. The average molecular weight is 274 g/mol. The number of carboxylic acid groups (broad SMARTS) is 1. The van der Waals surface area contributed by atoms with Gasteiger partial charge in [0.05, 0.1) is 6.61 Å². The van der Waals surface area contributed by atoms with Crippen LogP contribution in [-0.4, -0.2) is 41.4 Å². The summed E-state index contributed by atoms with van der Waals surface area (Å²) in [4.78, 5) is 21.9. The SMILES string of the molecule is CCCCCCCCCNC(=O)C(CO)NC(=O)O. The maximum Gasteiger partial charge on any atom is 0.405 e. The monoisotopic (exact) mass is 274 g/mol. The summed E-state index contributed by atoms with van der Waals surface area (Å²) in [6.07, 6.45) is 6.77. The first kappa shape index (κ1) is 17.7. The predicted molar refractivity (Wildman–Crippen MR) is 73.0 cm³/mol. The van der Waals surface area contributed by atoms with Crippen molar-refractivity contribution in [2.24, 2.45) is 0 Å². The second-order valence-corrected chi connectivity index (χ2v) is 4.60. The fourth-order valence-electron chi connectivity index (χ4n) is 1.76. The lowest BCUT2D eigenvalue weighted by atomic mass is 10.1. The number of hydrogen-bond acceptors (Lipinski definition) is 3. The van der Waals surface area contributed by atoms with Crippen LogP contribution in [-0.2, 0) is 4.79 Å². The van der Waals surface area contributed by atoms with E-state index < -0.39 is 24.6 Å². The molecular formula is C13H26N2O4. The first-order chi connectivity index (χ1) is 9.11. The van der Waals surface area contributed by atoms with E-state index in [0.717, 1.165) is 19.3 Å². The molecule has 0 rings (SSSR count). The molecule has 19 heavy (non-hydrogen) atoms. The second kappa shape index (κ2) is 11.8. The van der Waals surface area contributed by atoms with E-state index in [-0.39, 0.29) is 0 Å². The van der Waals surface area contributed by atoms with E-state index >= 15 is 0 Å². The molecule has 0 spiro atoms. The fraction of sp³-hybridized carbons (Fsp3) is 0.846. The molecule has 0 aliphatic heterocycles. The van der Waals surface area contributed by atoms with Crippen LogP contribution in [0.3, 0.4) is 0 Å². The van der Waals surface area contributed by atoms with Gasteiger partial charge in [0.15, 0.2) is 0 Å². The number of aliphatic hydroxyl groups is 1. The molecule has 0 fully saturated rings. The first-order valence-corrected chi connectivity index (χ1v) is 6.99. The van der Waals surface area contributed by atoms with Gasteiger partial charge in [-0.2, -0.15) is 0 Å². The Morgan fingerprint density at radius 2 is 1.63 bits per heavy atom. The van der Waals surface area contributed by atoms with Crippen LogP contribution in [0.4, 0.5) is 4.79 Å². The van der Waals surface area contributed by atoms with Gasteiger partial charge in [0.25, 0.3) is 0 Å². The minimum Gasteiger partial charge on any atom is -0.465 e. The molecule has 1 atom stereocenters. The van der Waals surface area contributed by atoms with Crippen LogP contribution < -0.4 is 10.6 Å². The molecule has 0 saturated heterocycles. The summed E-state index contributed by atoms with van der Waals surface area (Å²) < 4.78 is 0. The maximum atomic E-state index is 11.5. The molecule has 6 heteroatoms. The maximum absolute atomic E-state index is 11.5. The molecule has 0 radical (unpaired) electrons. The van der Waals surface area contributed by atoms with Crippen molar-refractivity contribution in [2.45, 2.75) is 57.9 Å². The van der Waals surface area contributed by atoms with E-state index in [9.17, 15) is 9.59 Å². The largest absolute Gasteiger partial charge is 0.465 e. The van der Waals surface area contributed by atoms with Gasteiger partial charge >= 0.3 is 6.09 Å². The summed E-state index contributed by atoms with van der Waals surface area (Å²) in [5.41, 5.74) is 0. The topological polar surface area (TPSA) is 98.7 Å². The van der Waals surface area contributed by atoms with Crippen molar-refractivity contribution < 1.29 is 19.8 Å². The molecule has 0 aromatic heterocycles. The first-order valence-electron chi connectivity index (χ1n) is 6.99. The smallest absolute Gasteiger partial charge is 0.405 e. The van der Waals surface area contributed by atoms with Crippen LogP contribution in [0.5, 0.6) is 0 Å². The van der Waals surface area contributed by atoms with Crippen molar-refractivity contribution in [1.29, 1.82) is 0 Å². The number of hydrogen-bond donors (Lipinski definition) is 4. The molecule has 0 aromatic carbocycles. The normalized spacial score (nSPS) is 11.9. The van der Waals surface area contributed by atoms with Gasteiger partial charge in [-0.05, 0) is 6.42 Å². The molecule has 0 aromatic rings. The van der Waals surface area contributed by atoms with Crippen LogP contribution in [0.15, 0.2) is 0 Å². The van der Waals surface area contributed by atoms with E-state index in [2.05, 4.69) is 12.2 Å². The fourth-order valence-corrected chi connectivity index (χ4v) is 1.76. The van der Waals surface area contributed by atoms with Gasteiger partial charge in [-0.1, -0.05) is 45.4 Å². The molecule has 0 heterocycles. The Bertz CT molecular complexity index is 259. The molecule has 0 bridgehead atoms. The number of aliphatic hydroxyl groups excluding tert-OH is 1. The Morgan fingerprint density at radius 1 is 1.05 bits per heavy atom. The third-order valence-electron chi connectivity index (χ3n) is 2.88.